The zero-order valence-electron chi connectivity index (χ0n) is 9.30. The molecule has 0 atom stereocenters. The van der Waals surface area contributed by atoms with Gasteiger partial charge in [-0.05, 0) is 12.1 Å². The molecular formula is C13H11NO3. The van der Waals surface area contributed by atoms with Gasteiger partial charge < -0.3 is 9.84 Å². The van der Waals surface area contributed by atoms with Crippen LogP contribution < -0.4 is 4.74 Å². The van der Waals surface area contributed by atoms with Crippen molar-refractivity contribution >= 4 is 22.4 Å². The molecule has 0 aliphatic carbocycles. The van der Waals surface area contributed by atoms with Crippen LogP contribution in [-0.2, 0) is 4.79 Å². The van der Waals surface area contributed by atoms with Crippen molar-refractivity contribution in [2.75, 3.05) is 7.11 Å². The number of carboxylic acids is 1. The highest BCUT2D eigenvalue weighted by molar-refractivity contribution is 6.15. The maximum Gasteiger partial charge on any atom is 0.335 e. The molecule has 1 heterocycles. The number of carbonyl (C=O) groups is 1. The molecule has 17 heavy (non-hydrogen) atoms. The number of ether oxygens (including phenoxy) is 1. The summed E-state index contributed by atoms with van der Waals surface area (Å²) < 4.78 is 5.09. The summed E-state index contributed by atoms with van der Waals surface area (Å²) >= 11 is 0. The van der Waals surface area contributed by atoms with E-state index in [9.17, 15) is 4.79 Å². The minimum Gasteiger partial charge on any atom is -0.481 e. The second-order valence-electron chi connectivity index (χ2n) is 3.52. The van der Waals surface area contributed by atoms with Gasteiger partial charge in [0, 0.05) is 5.39 Å². The average molecular weight is 229 g/mol. The molecule has 1 aromatic carbocycles. The van der Waals surface area contributed by atoms with Crippen LogP contribution in [0.2, 0.25) is 0 Å². The lowest BCUT2D eigenvalue weighted by atomic mass is 10.1. The van der Waals surface area contributed by atoms with Crippen molar-refractivity contribution < 1.29 is 14.6 Å². The van der Waals surface area contributed by atoms with Crippen LogP contribution in [-0.4, -0.2) is 23.2 Å². The van der Waals surface area contributed by atoms with Crippen LogP contribution in [0.15, 0.2) is 36.9 Å². The topological polar surface area (TPSA) is 59.4 Å². The minimum absolute atomic E-state index is 0.0277. The van der Waals surface area contributed by atoms with Gasteiger partial charge in [-0.1, -0.05) is 24.8 Å². The zero-order valence-corrected chi connectivity index (χ0v) is 9.30. The minimum atomic E-state index is -1.08. The molecule has 0 saturated heterocycles. The van der Waals surface area contributed by atoms with E-state index >= 15 is 0 Å². The van der Waals surface area contributed by atoms with E-state index in [2.05, 4.69) is 11.6 Å². The van der Waals surface area contributed by atoms with Crippen LogP contribution in [0.5, 0.6) is 5.88 Å². The molecule has 4 heteroatoms. The van der Waals surface area contributed by atoms with Crippen LogP contribution in [0.1, 0.15) is 5.56 Å². The lowest BCUT2D eigenvalue weighted by Crippen LogP contribution is -2.02. The second-order valence-corrected chi connectivity index (χ2v) is 3.52. The molecule has 0 amide bonds. The maximum atomic E-state index is 10.9. The Hall–Kier alpha value is -2.36. The summed E-state index contributed by atoms with van der Waals surface area (Å²) in [6.07, 6.45) is 0. The first-order valence-electron chi connectivity index (χ1n) is 5.00. The van der Waals surface area contributed by atoms with Crippen LogP contribution in [0.25, 0.3) is 16.5 Å². The predicted octanol–water partition coefficient (Wildman–Crippen LogP) is 2.34. The van der Waals surface area contributed by atoms with Gasteiger partial charge in [-0.2, -0.15) is 0 Å². The van der Waals surface area contributed by atoms with Gasteiger partial charge in [-0.15, -0.1) is 0 Å². The van der Waals surface area contributed by atoms with E-state index in [1.54, 1.807) is 6.07 Å². The Bertz CT molecular complexity index is 605. The number of aromatic nitrogens is 1. The summed E-state index contributed by atoms with van der Waals surface area (Å²) in [7, 11) is 1.45. The van der Waals surface area contributed by atoms with E-state index < -0.39 is 5.97 Å². The normalized spacial score (nSPS) is 10.2. The third-order valence-corrected chi connectivity index (χ3v) is 2.47. The molecule has 0 unspecified atom stereocenters. The van der Waals surface area contributed by atoms with Crippen LogP contribution in [0, 0.1) is 0 Å². The highest BCUT2D eigenvalue weighted by atomic mass is 16.5. The number of hydrogen-bond acceptors (Lipinski definition) is 3. The predicted molar refractivity (Wildman–Crippen MR) is 65.0 cm³/mol. The van der Waals surface area contributed by atoms with Crippen LogP contribution in [0.3, 0.4) is 0 Å². The lowest BCUT2D eigenvalue weighted by molar-refractivity contribution is -0.130. The number of carboxylic acid groups (broad SMARTS) is 1. The molecule has 0 saturated carbocycles. The maximum absolute atomic E-state index is 10.9. The van der Waals surface area contributed by atoms with Crippen LogP contribution in [0.4, 0.5) is 0 Å². The molecule has 0 bridgehead atoms. The van der Waals surface area contributed by atoms with E-state index in [1.807, 2.05) is 24.3 Å². The first-order chi connectivity index (χ1) is 8.13. The summed E-state index contributed by atoms with van der Waals surface area (Å²) in [4.78, 5) is 15.2. The van der Waals surface area contributed by atoms with Gasteiger partial charge in [0.05, 0.1) is 23.8 Å². The second kappa shape index (κ2) is 4.25. The molecule has 0 aliphatic rings. The summed E-state index contributed by atoms with van der Waals surface area (Å²) in [6, 6.07) is 9.15. The quantitative estimate of drug-likeness (QED) is 0.820. The Morgan fingerprint density at radius 2 is 2.12 bits per heavy atom. The molecule has 2 rings (SSSR count). The lowest BCUT2D eigenvalue weighted by Gasteiger charge is -2.08. The molecule has 0 aliphatic heterocycles. The summed E-state index contributed by atoms with van der Waals surface area (Å²) in [6.45, 7) is 3.52. The Kier molecular flexibility index (Phi) is 2.78. The third-order valence-electron chi connectivity index (χ3n) is 2.47. The van der Waals surface area contributed by atoms with Crippen molar-refractivity contribution in [1.29, 1.82) is 0 Å². The number of hydrogen-bond donors (Lipinski definition) is 1. The third kappa shape index (κ3) is 1.97. The monoisotopic (exact) mass is 229 g/mol. The van der Waals surface area contributed by atoms with Crippen molar-refractivity contribution in [1.82, 2.24) is 4.98 Å². The fourth-order valence-corrected chi connectivity index (χ4v) is 1.59. The number of para-hydroxylation sites is 1. The summed E-state index contributed by atoms with van der Waals surface area (Å²) in [5, 5.41) is 9.80. The number of fused-ring (bicyclic) bond motifs is 1. The molecule has 0 spiro atoms. The number of aliphatic carboxylic acids is 1. The van der Waals surface area contributed by atoms with E-state index in [4.69, 9.17) is 9.84 Å². The van der Waals surface area contributed by atoms with E-state index in [-0.39, 0.29) is 11.5 Å². The van der Waals surface area contributed by atoms with E-state index in [0.29, 0.717) is 5.56 Å². The number of rotatable bonds is 3. The summed E-state index contributed by atoms with van der Waals surface area (Å²) in [5.74, 6) is -0.809. The molecule has 2 aromatic rings. The highest BCUT2D eigenvalue weighted by Crippen LogP contribution is 2.27. The van der Waals surface area contributed by atoms with Gasteiger partial charge in [0.2, 0.25) is 5.88 Å². The van der Waals surface area contributed by atoms with Gasteiger partial charge in [0.15, 0.2) is 0 Å². The average Bonchev–Trinajstić information content (AvgIpc) is 2.36. The molecular weight excluding hydrogens is 218 g/mol. The highest BCUT2D eigenvalue weighted by Gasteiger charge is 2.15. The van der Waals surface area contributed by atoms with Gasteiger partial charge >= 0.3 is 5.97 Å². The summed E-state index contributed by atoms with van der Waals surface area (Å²) in [5.41, 5.74) is 1.13. The molecule has 0 fully saturated rings. The van der Waals surface area contributed by atoms with Crippen molar-refractivity contribution in [3.05, 3.63) is 42.5 Å². The van der Waals surface area contributed by atoms with Crippen LogP contribution >= 0.6 is 0 Å². The molecule has 4 nitrogen and oxygen atoms in total. The number of benzene rings is 1. The van der Waals surface area contributed by atoms with Gasteiger partial charge in [-0.25, -0.2) is 9.78 Å². The zero-order chi connectivity index (χ0) is 12.4. The first kappa shape index (κ1) is 11.1. The van der Waals surface area contributed by atoms with Crippen molar-refractivity contribution in [3.8, 4) is 5.88 Å². The smallest absolute Gasteiger partial charge is 0.335 e. The van der Waals surface area contributed by atoms with E-state index in [0.717, 1.165) is 10.9 Å². The van der Waals surface area contributed by atoms with Crippen molar-refractivity contribution in [3.63, 3.8) is 0 Å². The fraction of sp³-hybridized carbons (Fsp3) is 0.0769. The largest absolute Gasteiger partial charge is 0.481 e. The fourth-order valence-electron chi connectivity index (χ4n) is 1.59. The number of pyridine rings is 1. The Balaban J connectivity index is 2.69. The molecule has 1 aromatic heterocycles. The molecule has 0 radical (unpaired) electrons. The van der Waals surface area contributed by atoms with E-state index in [1.165, 1.54) is 7.11 Å². The van der Waals surface area contributed by atoms with Crippen molar-refractivity contribution in [2.24, 2.45) is 0 Å². The Labute approximate surface area is 98.2 Å². The van der Waals surface area contributed by atoms with Crippen molar-refractivity contribution in [2.45, 2.75) is 0 Å². The molecule has 86 valence electrons. The van der Waals surface area contributed by atoms with Gasteiger partial charge in [0.1, 0.15) is 0 Å². The number of nitrogens with zero attached hydrogens (tertiary/aromatic N) is 1. The SMILES string of the molecule is C=C(C(=O)O)c1cc2ccccc2nc1OC. The molecule has 1 N–H and O–H groups in total. The Morgan fingerprint density at radius 1 is 1.41 bits per heavy atom. The number of methoxy groups -OCH3 is 1. The van der Waals surface area contributed by atoms with Gasteiger partial charge in [0.25, 0.3) is 0 Å². The standard InChI is InChI=1S/C13H11NO3/c1-8(13(15)16)10-7-9-5-3-4-6-11(9)14-12(10)17-2/h3-7H,1H2,2H3,(H,15,16). The first-order valence-corrected chi connectivity index (χ1v) is 5.00. The Morgan fingerprint density at radius 3 is 2.76 bits per heavy atom. The van der Waals surface area contributed by atoms with Gasteiger partial charge in [-0.3, -0.25) is 0 Å².